The van der Waals surface area contributed by atoms with Gasteiger partial charge < -0.3 is 0 Å². The van der Waals surface area contributed by atoms with Crippen molar-refractivity contribution in [2.75, 3.05) is 0 Å². The molecule has 0 saturated carbocycles. The largest absolute Gasteiger partial charge is 0.248 e. The van der Waals surface area contributed by atoms with Gasteiger partial charge in [0.15, 0.2) is 5.82 Å². The second-order valence-electron chi connectivity index (χ2n) is 14.4. The Kier molecular flexibility index (Phi) is 7.16. The highest BCUT2D eigenvalue weighted by molar-refractivity contribution is 6.07. The molecule has 0 amide bonds. The van der Waals surface area contributed by atoms with Crippen molar-refractivity contribution in [3.05, 3.63) is 187 Å². The van der Waals surface area contributed by atoms with Crippen LogP contribution in [0, 0.1) is 0 Å². The van der Waals surface area contributed by atoms with Gasteiger partial charge in [-0.15, -0.1) is 0 Å². The zero-order chi connectivity index (χ0) is 35.5. The summed E-state index contributed by atoms with van der Waals surface area (Å²) in [6, 6.07) is 62.3. The Balaban J connectivity index is 1.19. The van der Waals surface area contributed by atoms with Crippen molar-refractivity contribution >= 4 is 21.7 Å². The summed E-state index contributed by atoms with van der Waals surface area (Å²) in [6.07, 6.45) is 0. The molecule has 0 bridgehead atoms. The molecule has 0 radical (unpaired) electrons. The van der Waals surface area contributed by atoms with Gasteiger partial charge in [0, 0.05) is 33.1 Å². The Hall–Kier alpha value is -6.71. The van der Waals surface area contributed by atoms with E-state index in [0.717, 1.165) is 61.0 Å². The average molecular weight is 678 g/mol. The van der Waals surface area contributed by atoms with Crippen LogP contribution in [0.5, 0.6) is 0 Å². The molecule has 0 fully saturated rings. The van der Waals surface area contributed by atoms with Crippen molar-refractivity contribution < 1.29 is 0 Å². The predicted octanol–water partition coefficient (Wildman–Crippen LogP) is 12.8. The highest BCUT2D eigenvalue weighted by Gasteiger charge is 2.35. The van der Waals surface area contributed by atoms with Crippen LogP contribution in [0.2, 0.25) is 0 Å². The van der Waals surface area contributed by atoms with Crippen molar-refractivity contribution in [3.63, 3.8) is 0 Å². The van der Waals surface area contributed by atoms with Crippen molar-refractivity contribution in [3.8, 4) is 67.4 Å². The number of aromatic nitrogens is 3. The Morgan fingerprint density at radius 1 is 0.340 bits per heavy atom. The second kappa shape index (κ2) is 12.2. The molecule has 1 aliphatic rings. The van der Waals surface area contributed by atoms with E-state index in [1.807, 2.05) is 12.1 Å². The lowest BCUT2D eigenvalue weighted by Gasteiger charge is -2.22. The molecular weight excluding hydrogens is 643 g/mol. The molecule has 0 N–H and O–H groups in total. The highest BCUT2D eigenvalue weighted by Crippen LogP contribution is 2.50. The van der Waals surface area contributed by atoms with E-state index in [4.69, 9.17) is 15.0 Å². The van der Waals surface area contributed by atoms with Crippen molar-refractivity contribution in [2.24, 2.45) is 0 Å². The molecule has 0 saturated heterocycles. The first-order valence-electron chi connectivity index (χ1n) is 18.2. The summed E-state index contributed by atoms with van der Waals surface area (Å²) in [7, 11) is 0. The van der Waals surface area contributed by atoms with E-state index >= 15 is 0 Å². The van der Waals surface area contributed by atoms with Crippen LogP contribution in [0.4, 0.5) is 0 Å². The van der Waals surface area contributed by atoms with Gasteiger partial charge in [0.25, 0.3) is 0 Å². The third kappa shape index (κ3) is 5.16. The Morgan fingerprint density at radius 3 is 1.55 bits per heavy atom. The van der Waals surface area contributed by atoms with Gasteiger partial charge in [-0.1, -0.05) is 159 Å². The van der Waals surface area contributed by atoms with Crippen LogP contribution in [0.15, 0.2) is 176 Å². The topological polar surface area (TPSA) is 38.7 Å². The molecule has 10 rings (SSSR count). The van der Waals surface area contributed by atoms with Gasteiger partial charge in [0.05, 0.1) is 22.6 Å². The van der Waals surface area contributed by atoms with Crippen molar-refractivity contribution in [1.82, 2.24) is 15.0 Å². The Bertz CT molecular complexity index is 2780. The van der Waals surface area contributed by atoms with Crippen LogP contribution in [0.1, 0.15) is 25.0 Å². The fourth-order valence-electron chi connectivity index (χ4n) is 8.21. The zero-order valence-electron chi connectivity index (χ0n) is 29.6. The van der Waals surface area contributed by atoms with E-state index in [1.54, 1.807) is 0 Å². The molecule has 2 aromatic heterocycles. The van der Waals surface area contributed by atoms with E-state index < -0.39 is 0 Å². The standard InChI is InChI=1S/C50H35N3/c1-50(2)43-25-15-14-24-37(43)41-28-42-40(32-16-6-3-7-17-32)29-47(51-48(42)30-44(41)50)38-26-27-39(36-23-13-12-22-35(36)38)49-52-45(33-18-8-4-9-19-33)31-46(53-49)34-20-10-5-11-21-34/h3-31H,1-2H3. The summed E-state index contributed by atoms with van der Waals surface area (Å²) in [5.74, 6) is 0.696. The Labute approximate surface area is 309 Å². The second-order valence-corrected chi connectivity index (χ2v) is 14.4. The monoisotopic (exact) mass is 677 g/mol. The summed E-state index contributed by atoms with van der Waals surface area (Å²) in [4.78, 5) is 15.8. The van der Waals surface area contributed by atoms with Crippen LogP contribution in [0.3, 0.4) is 0 Å². The lowest BCUT2D eigenvalue weighted by atomic mass is 9.82. The van der Waals surface area contributed by atoms with Crippen molar-refractivity contribution in [1.29, 1.82) is 0 Å². The lowest BCUT2D eigenvalue weighted by molar-refractivity contribution is 0.661. The number of nitrogens with zero attached hydrogens (tertiary/aromatic N) is 3. The van der Waals surface area contributed by atoms with Crippen molar-refractivity contribution in [2.45, 2.75) is 19.3 Å². The summed E-state index contributed by atoms with van der Waals surface area (Å²) >= 11 is 0. The molecule has 0 unspecified atom stereocenters. The Morgan fingerprint density at radius 2 is 0.887 bits per heavy atom. The number of hydrogen-bond acceptors (Lipinski definition) is 3. The molecule has 53 heavy (non-hydrogen) atoms. The molecule has 3 heteroatoms. The first-order chi connectivity index (χ1) is 26.0. The molecule has 0 aliphatic heterocycles. The summed E-state index contributed by atoms with van der Waals surface area (Å²) in [5, 5.41) is 3.36. The van der Waals surface area contributed by atoms with Gasteiger partial charge in [0.2, 0.25) is 0 Å². The maximum Gasteiger partial charge on any atom is 0.161 e. The minimum atomic E-state index is -0.119. The van der Waals surface area contributed by atoms with E-state index in [-0.39, 0.29) is 5.41 Å². The first-order valence-corrected chi connectivity index (χ1v) is 18.2. The quantitative estimate of drug-likeness (QED) is 0.182. The molecule has 250 valence electrons. The van der Waals surface area contributed by atoms with Gasteiger partial charge in [-0.05, 0) is 74.5 Å². The molecule has 9 aromatic rings. The number of rotatable bonds is 5. The number of benzene rings is 7. The third-order valence-corrected chi connectivity index (χ3v) is 10.9. The molecular formula is C50H35N3. The molecule has 0 atom stereocenters. The predicted molar refractivity (Wildman–Crippen MR) is 220 cm³/mol. The number of fused-ring (bicyclic) bond motifs is 5. The average Bonchev–Trinajstić information content (AvgIpc) is 3.45. The van der Waals surface area contributed by atoms with Gasteiger partial charge in [-0.3, -0.25) is 0 Å². The molecule has 3 nitrogen and oxygen atoms in total. The molecule has 0 spiro atoms. The van der Waals surface area contributed by atoms with E-state index in [0.29, 0.717) is 5.82 Å². The van der Waals surface area contributed by atoms with Crippen LogP contribution in [0.25, 0.3) is 89.1 Å². The van der Waals surface area contributed by atoms with Gasteiger partial charge in [-0.2, -0.15) is 0 Å². The first kappa shape index (κ1) is 31.1. The van der Waals surface area contributed by atoms with E-state index in [1.165, 1.54) is 33.4 Å². The van der Waals surface area contributed by atoms with Gasteiger partial charge in [0.1, 0.15) is 0 Å². The van der Waals surface area contributed by atoms with Crippen LogP contribution >= 0.6 is 0 Å². The van der Waals surface area contributed by atoms with Crippen LogP contribution < -0.4 is 0 Å². The fourth-order valence-corrected chi connectivity index (χ4v) is 8.21. The maximum atomic E-state index is 5.47. The smallest absolute Gasteiger partial charge is 0.161 e. The van der Waals surface area contributed by atoms with Gasteiger partial charge >= 0.3 is 0 Å². The van der Waals surface area contributed by atoms with Crippen LogP contribution in [-0.2, 0) is 5.41 Å². The van der Waals surface area contributed by atoms with Crippen LogP contribution in [-0.4, -0.2) is 15.0 Å². The maximum absolute atomic E-state index is 5.47. The molecule has 1 aliphatic carbocycles. The summed E-state index contributed by atoms with van der Waals surface area (Å²) < 4.78 is 0. The summed E-state index contributed by atoms with van der Waals surface area (Å²) in [5.41, 5.74) is 15.4. The van der Waals surface area contributed by atoms with E-state index in [2.05, 4.69) is 178 Å². The minimum absolute atomic E-state index is 0.119. The summed E-state index contributed by atoms with van der Waals surface area (Å²) in [6.45, 7) is 4.66. The van der Waals surface area contributed by atoms with E-state index in [9.17, 15) is 0 Å². The molecule has 7 aromatic carbocycles. The highest BCUT2D eigenvalue weighted by atomic mass is 14.9. The minimum Gasteiger partial charge on any atom is -0.248 e. The normalized spacial score (nSPS) is 12.9. The third-order valence-electron chi connectivity index (χ3n) is 10.9. The number of hydrogen-bond donors (Lipinski definition) is 0. The lowest BCUT2D eigenvalue weighted by Crippen LogP contribution is -2.14. The SMILES string of the molecule is CC1(C)c2ccccc2-c2cc3c(-c4ccccc4)cc(-c4ccc(-c5nc(-c6ccccc6)cc(-c6ccccc6)n5)c5ccccc45)nc3cc21. The fraction of sp³-hybridized carbons (Fsp3) is 0.0600. The molecule has 2 heterocycles. The zero-order valence-corrected chi connectivity index (χ0v) is 29.6. The number of pyridine rings is 1. The van der Waals surface area contributed by atoms with Gasteiger partial charge in [-0.25, -0.2) is 15.0 Å².